The average molecular weight is 396 g/mol. The molecule has 0 bridgehead atoms. The summed E-state index contributed by atoms with van der Waals surface area (Å²) >= 11 is 6.32. The maximum absolute atomic E-state index is 12.4. The van der Waals surface area contributed by atoms with Gasteiger partial charge in [0.1, 0.15) is 5.75 Å². The Labute approximate surface area is 131 Å². The first kappa shape index (κ1) is 13.5. The van der Waals surface area contributed by atoms with Gasteiger partial charge in [-0.05, 0) is 43.3 Å². The molecule has 0 saturated heterocycles. The molecule has 0 amide bonds. The number of allylic oxidation sites excluding steroid dienone is 2. The molecule has 0 spiro atoms. The number of carbonyl (C=O) groups is 2. The molecule has 100 valence electrons. The number of benzene rings is 2. The molecule has 3 rings (SSSR count). The van der Waals surface area contributed by atoms with Gasteiger partial charge in [-0.25, -0.2) is 0 Å². The van der Waals surface area contributed by atoms with Crippen LogP contribution in [-0.4, -0.2) is 18.7 Å². The van der Waals surface area contributed by atoms with E-state index < -0.39 is 0 Å². The molecule has 2 aromatic carbocycles. The molecule has 0 unspecified atom stereocenters. The summed E-state index contributed by atoms with van der Waals surface area (Å²) in [6.07, 6.45) is 0. The Balaban J connectivity index is 2.47. The van der Waals surface area contributed by atoms with Crippen LogP contribution < -0.4 is 4.74 Å². The highest BCUT2D eigenvalue weighted by Crippen LogP contribution is 2.41. The lowest BCUT2D eigenvalue weighted by Gasteiger charge is -2.19. The number of fused-ring (bicyclic) bond motifs is 2. The molecule has 0 fully saturated rings. The normalized spacial score (nSPS) is 14.8. The number of halogens is 2. The van der Waals surface area contributed by atoms with Crippen molar-refractivity contribution in [2.45, 2.75) is 0 Å². The molecule has 2 aromatic rings. The first-order chi connectivity index (χ1) is 9.56. The fourth-order valence-electron chi connectivity index (χ4n) is 2.36. The van der Waals surface area contributed by atoms with Crippen molar-refractivity contribution >= 4 is 54.2 Å². The summed E-state index contributed by atoms with van der Waals surface area (Å²) < 4.78 is 5.86. The highest BCUT2D eigenvalue weighted by Gasteiger charge is 2.33. The Morgan fingerprint density at radius 1 is 1.00 bits per heavy atom. The first-order valence-corrected chi connectivity index (χ1v) is 7.39. The fourth-order valence-corrected chi connectivity index (χ4v) is 3.13. The molecule has 1 aliphatic rings. The Bertz CT molecular complexity index is 806. The van der Waals surface area contributed by atoms with E-state index in [-0.39, 0.29) is 20.5 Å². The number of methoxy groups -OCH3 is 1. The molecule has 3 nitrogen and oxygen atoms in total. The summed E-state index contributed by atoms with van der Waals surface area (Å²) in [6.45, 7) is 0. The zero-order chi connectivity index (χ0) is 14.4. The average Bonchev–Trinajstić information content (AvgIpc) is 2.48. The van der Waals surface area contributed by atoms with Crippen LogP contribution >= 0.6 is 31.9 Å². The van der Waals surface area contributed by atoms with E-state index in [0.29, 0.717) is 16.9 Å². The number of ketones is 2. The van der Waals surface area contributed by atoms with Crippen molar-refractivity contribution in [1.29, 1.82) is 0 Å². The molecule has 0 aliphatic heterocycles. The number of ether oxygens (including phenoxy) is 1. The molecule has 0 aromatic heterocycles. The summed E-state index contributed by atoms with van der Waals surface area (Å²) in [4.78, 5) is 24.8. The number of hydrogen-bond donors (Lipinski definition) is 0. The number of hydrogen-bond acceptors (Lipinski definition) is 3. The SMILES string of the molecule is COc1c2c(cc3ccccc13)C(=O)C(Br)=C(Br)C2=O. The van der Waals surface area contributed by atoms with Gasteiger partial charge in [-0.3, -0.25) is 9.59 Å². The molecule has 20 heavy (non-hydrogen) atoms. The van der Waals surface area contributed by atoms with Crippen LogP contribution in [0.25, 0.3) is 10.8 Å². The summed E-state index contributed by atoms with van der Waals surface area (Å²) in [5, 5.41) is 1.68. The molecule has 1 aliphatic carbocycles. The largest absolute Gasteiger partial charge is 0.495 e. The summed E-state index contributed by atoms with van der Waals surface area (Å²) in [5.74, 6) is -0.0435. The molecule has 0 N–H and O–H groups in total. The third-order valence-corrected chi connectivity index (χ3v) is 5.31. The van der Waals surface area contributed by atoms with Crippen LogP contribution in [0.4, 0.5) is 0 Å². The molecule has 0 radical (unpaired) electrons. The summed E-state index contributed by atoms with van der Waals surface area (Å²) in [6, 6.07) is 9.23. The van der Waals surface area contributed by atoms with Crippen LogP contribution in [0.3, 0.4) is 0 Å². The van der Waals surface area contributed by atoms with Gasteiger partial charge < -0.3 is 4.74 Å². The van der Waals surface area contributed by atoms with E-state index in [0.717, 1.165) is 10.8 Å². The van der Waals surface area contributed by atoms with Gasteiger partial charge in [0.25, 0.3) is 0 Å². The van der Waals surface area contributed by atoms with Crippen LogP contribution in [-0.2, 0) is 0 Å². The second-order valence-electron chi connectivity index (χ2n) is 4.34. The van der Waals surface area contributed by atoms with Crippen molar-refractivity contribution in [1.82, 2.24) is 0 Å². The van der Waals surface area contributed by atoms with Crippen LogP contribution in [0.2, 0.25) is 0 Å². The Morgan fingerprint density at radius 2 is 1.65 bits per heavy atom. The number of rotatable bonds is 1. The maximum Gasteiger partial charge on any atom is 0.205 e. The van der Waals surface area contributed by atoms with Gasteiger partial charge in [-0.2, -0.15) is 0 Å². The summed E-state index contributed by atoms with van der Waals surface area (Å²) in [5.41, 5.74) is 0.673. The standard InChI is InChI=1S/C15H8Br2O3/c1-20-15-8-5-3-2-4-7(8)6-9-10(15)14(19)12(17)11(16)13(9)18/h2-6H,1H3. The third-order valence-electron chi connectivity index (χ3n) is 3.27. The van der Waals surface area contributed by atoms with Gasteiger partial charge >= 0.3 is 0 Å². The van der Waals surface area contributed by atoms with E-state index >= 15 is 0 Å². The smallest absolute Gasteiger partial charge is 0.205 e. The van der Waals surface area contributed by atoms with E-state index in [2.05, 4.69) is 31.9 Å². The van der Waals surface area contributed by atoms with E-state index in [1.165, 1.54) is 7.11 Å². The molecule has 0 atom stereocenters. The first-order valence-electron chi connectivity index (χ1n) is 5.80. The van der Waals surface area contributed by atoms with Gasteiger partial charge in [0.15, 0.2) is 0 Å². The second-order valence-corrected chi connectivity index (χ2v) is 5.93. The number of carbonyl (C=O) groups excluding carboxylic acids is 2. The van der Waals surface area contributed by atoms with Crippen LogP contribution in [0.1, 0.15) is 20.7 Å². The van der Waals surface area contributed by atoms with Crippen molar-refractivity contribution in [2.75, 3.05) is 7.11 Å². The van der Waals surface area contributed by atoms with Crippen molar-refractivity contribution < 1.29 is 14.3 Å². The monoisotopic (exact) mass is 394 g/mol. The minimum atomic E-state index is -0.255. The molecule has 0 saturated carbocycles. The van der Waals surface area contributed by atoms with Gasteiger partial charge in [0, 0.05) is 10.9 Å². The van der Waals surface area contributed by atoms with Crippen LogP contribution in [0.15, 0.2) is 39.3 Å². The highest BCUT2D eigenvalue weighted by atomic mass is 79.9. The minimum Gasteiger partial charge on any atom is -0.495 e. The van der Waals surface area contributed by atoms with Crippen molar-refractivity contribution in [3.05, 3.63) is 50.4 Å². The van der Waals surface area contributed by atoms with Gasteiger partial charge in [-0.15, -0.1) is 0 Å². The Kier molecular flexibility index (Phi) is 3.26. The predicted molar refractivity (Wildman–Crippen MR) is 84.0 cm³/mol. The van der Waals surface area contributed by atoms with E-state index in [1.807, 2.05) is 24.3 Å². The van der Waals surface area contributed by atoms with E-state index in [1.54, 1.807) is 6.07 Å². The Morgan fingerprint density at radius 3 is 2.35 bits per heavy atom. The third kappa shape index (κ3) is 1.77. The maximum atomic E-state index is 12.4. The van der Waals surface area contributed by atoms with Crippen molar-refractivity contribution in [2.24, 2.45) is 0 Å². The summed E-state index contributed by atoms with van der Waals surface area (Å²) in [7, 11) is 1.50. The fraction of sp³-hybridized carbons (Fsp3) is 0.0667. The van der Waals surface area contributed by atoms with Crippen LogP contribution in [0, 0.1) is 0 Å². The quantitative estimate of drug-likeness (QED) is 0.725. The Hall–Kier alpha value is -1.46. The van der Waals surface area contributed by atoms with E-state index in [4.69, 9.17) is 4.74 Å². The molecule has 0 heterocycles. The van der Waals surface area contributed by atoms with Gasteiger partial charge in [-0.1, -0.05) is 24.3 Å². The zero-order valence-electron chi connectivity index (χ0n) is 10.4. The lowest BCUT2D eigenvalue weighted by molar-refractivity contribution is 0.0987. The molecule has 5 heteroatoms. The highest BCUT2D eigenvalue weighted by molar-refractivity contribution is 9.14. The van der Waals surface area contributed by atoms with Crippen LogP contribution in [0.5, 0.6) is 5.75 Å². The molecular formula is C15H8Br2O3. The van der Waals surface area contributed by atoms with Crippen molar-refractivity contribution in [3.63, 3.8) is 0 Å². The van der Waals surface area contributed by atoms with Gasteiger partial charge in [0.05, 0.1) is 21.6 Å². The minimum absolute atomic E-state index is 0.226. The zero-order valence-corrected chi connectivity index (χ0v) is 13.5. The lowest BCUT2D eigenvalue weighted by Crippen LogP contribution is -2.18. The molecular weight excluding hydrogens is 388 g/mol. The van der Waals surface area contributed by atoms with Crippen molar-refractivity contribution in [3.8, 4) is 5.75 Å². The van der Waals surface area contributed by atoms with E-state index in [9.17, 15) is 9.59 Å². The lowest BCUT2D eigenvalue weighted by atomic mass is 9.90. The topological polar surface area (TPSA) is 43.4 Å². The second kappa shape index (κ2) is 4.82. The number of Topliss-reactive ketones (excluding diaryl/α,β-unsaturated/α-hetero) is 2. The van der Waals surface area contributed by atoms with Gasteiger partial charge in [0.2, 0.25) is 11.6 Å². The predicted octanol–water partition coefficient (Wildman–Crippen LogP) is 4.23.